The van der Waals surface area contributed by atoms with Gasteiger partial charge in [0.1, 0.15) is 0 Å². The molecule has 2 saturated heterocycles. The molecule has 0 spiro atoms. The number of amides is 3. The van der Waals surface area contributed by atoms with Crippen LogP contribution in [0, 0.1) is 5.92 Å². The van der Waals surface area contributed by atoms with Crippen molar-refractivity contribution in [3.8, 4) is 0 Å². The Morgan fingerprint density at radius 1 is 1.05 bits per heavy atom. The molecule has 0 radical (unpaired) electrons. The highest BCUT2D eigenvalue weighted by molar-refractivity contribution is 6.36. The number of ether oxygens (including phenoxy) is 3. The first-order valence-electron chi connectivity index (χ1n) is 12.9. The predicted octanol–water partition coefficient (Wildman–Crippen LogP) is 2.61. The summed E-state index contributed by atoms with van der Waals surface area (Å²) in [5, 5.41) is 0. The number of hydrogen-bond donors (Lipinski definition) is 0. The molecule has 2 fully saturated rings. The Labute approximate surface area is 215 Å². The molecule has 0 bridgehead atoms. The van der Waals surface area contributed by atoms with Crippen LogP contribution < -0.4 is 9.80 Å². The minimum absolute atomic E-state index is 0.0656. The van der Waals surface area contributed by atoms with Gasteiger partial charge in [0.05, 0.1) is 67.6 Å². The normalized spacial score (nSPS) is 23.3. The monoisotopic (exact) mass is 505 g/mol. The third-order valence-electron chi connectivity index (χ3n) is 7.71. The standard InChI is InChI=1S/C28H31N3O6/c1-29(14-22-17-35-10-11-37-22)26(32)18-4-3-9-30(13-18)24-6-2-5-23-25(24)28(34)31(27(23)33)21-8-7-19-15-36-16-20(19)12-21/h2,5-8,12,18,22H,3-4,9-11,13-17H2,1H3/t18-,22+/m1/s1. The van der Waals surface area contributed by atoms with E-state index in [1.807, 2.05) is 24.3 Å². The second kappa shape index (κ2) is 9.89. The van der Waals surface area contributed by atoms with Gasteiger partial charge in [-0.2, -0.15) is 0 Å². The molecule has 9 nitrogen and oxygen atoms in total. The van der Waals surface area contributed by atoms with Crippen molar-refractivity contribution in [3.63, 3.8) is 0 Å². The Balaban J connectivity index is 1.21. The van der Waals surface area contributed by atoms with Crippen LogP contribution in [0.15, 0.2) is 36.4 Å². The molecule has 37 heavy (non-hydrogen) atoms. The second-order valence-corrected chi connectivity index (χ2v) is 10.2. The molecule has 4 aliphatic heterocycles. The molecule has 6 rings (SSSR count). The van der Waals surface area contributed by atoms with E-state index in [9.17, 15) is 14.4 Å². The number of carbonyl (C=O) groups excluding carboxylic acids is 3. The highest BCUT2D eigenvalue weighted by atomic mass is 16.6. The van der Waals surface area contributed by atoms with Crippen molar-refractivity contribution in [2.24, 2.45) is 5.92 Å². The zero-order chi connectivity index (χ0) is 25.5. The number of rotatable bonds is 5. The summed E-state index contributed by atoms with van der Waals surface area (Å²) in [6.45, 7) is 4.37. The van der Waals surface area contributed by atoms with Crippen molar-refractivity contribution >= 4 is 29.1 Å². The molecule has 3 amide bonds. The van der Waals surface area contributed by atoms with E-state index in [0.717, 1.165) is 30.5 Å². The largest absolute Gasteiger partial charge is 0.376 e. The zero-order valence-electron chi connectivity index (χ0n) is 21.0. The lowest BCUT2D eigenvalue weighted by Crippen LogP contribution is -2.47. The van der Waals surface area contributed by atoms with E-state index < -0.39 is 0 Å². The average molecular weight is 506 g/mol. The van der Waals surface area contributed by atoms with Gasteiger partial charge in [-0.3, -0.25) is 14.4 Å². The summed E-state index contributed by atoms with van der Waals surface area (Å²) < 4.78 is 16.7. The van der Waals surface area contributed by atoms with E-state index in [0.29, 0.717) is 68.6 Å². The summed E-state index contributed by atoms with van der Waals surface area (Å²) in [4.78, 5) is 45.4. The van der Waals surface area contributed by atoms with Crippen molar-refractivity contribution in [1.82, 2.24) is 4.90 Å². The van der Waals surface area contributed by atoms with Crippen LogP contribution in [0.3, 0.4) is 0 Å². The number of fused-ring (bicyclic) bond motifs is 2. The van der Waals surface area contributed by atoms with Gasteiger partial charge in [0.2, 0.25) is 5.91 Å². The van der Waals surface area contributed by atoms with E-state index >= 15 is 0 Å². The van der Waals surface area contributed by atoms with Gasteiger partial charge in [0, 0.05) is 26.7 Å². The molecule has 0 aliphatic carbocycles. The fourth-order valence-electron chi connectivity index (χ4n) is 5.81. The van der Waals surface area contributed by atoms with E-state index in [2.05, 4.69) is 4.90 Å². The molecule has 2 atom stereocenters. The number of carbonyl (C=O) groups is 3. The van der Waals surface area contributed by atoms with Gasteiger partial charge in [-0.1, -0.05) is 12.1 Å². The van der Waals surface area contributed by atoms with Crippen LogP contribution in [0.5, 0.6) is 0 Å². The molecule has 0 N–H and O–H groups in total. The highest BCUT2D eigenvalue weighted by Crippen LogP contribution is 2.37. The summed E-state index contributed by atoms with van der Waals surface area (Å²) in [5.74, 6) is -0.774. The van der Waals surface area contributed by atoms with Crippen LogP contribution in [0.25, 0.3) is 0 Å². The quantitative estimate of drug-likeness (QED) is 0.577. The van der Waals surface area contributed by atoms with Gasteiger partial charge in [-0.25, -0.2) is 4.90 Å². The molecule has 0 aromatic heterocycles. The number of hydrogen-bond acceptors (Lipinski definition) is 7. The molecule has 4 aliphatic rings. The molecule has 2 aromatic carbocycles. The van der Waals surface area contributed by atoms with E-state index in [1.54, 1.807) is 24.1 Å². The summed E-state index contributed by atoms with van der Waals surface area (Å²) in [6.07, 6.45) is 1.50. The Kier molecular flexibility index (Phi) is 6.44. The number of benzene rings is 2. The summed E-state index contributed by atoms with van der Waals surface area (Å²) in [6, 6.07) is 11.0. The van der Waals surface area contributed by atoms with E-state index in [-0.39, 0.29) is 29.7 Å². The van der Waals surface area contributed by atoms with Gasteiger partial charge >= 0.3 is 0 Å². The molecular weight excluding hydrogens is 474 g/mol. The summed E-state index contributed by atoms with van der Waals surface area (Å²) in [5.41, 5.74) is 4.17. The minimum Gasteiger partial charge on any atom is -0.376 e. The lowest BCUT2D eigenvalue weighted by molar-refractivity contribution is -0.140. The van der Waals surface area contributed by atoms with Gasteiger partial charge < -0.3 is 24.0 Å². The van der Waals surface area contributed by atoms with Crippen molar-refractivity contribution in [1.29, 1.82) is 0 Å². The van der Waals surface area contributed by atoms with Crippen LogP contribution in [0.1, 0.15) is 44.7 Å². The van der Waals surface area contributed by atoms with E-state index in [4.69, 9.17) is 14.2 Å². The maximum atomic E-state index is 13.7. The van der Waals surface area contributed by atoms with Crippen LogP contribution in [-0.2, 0) is 32.2 Å². The Morgan fingerprint density at radius 2 is 1.92 bits per heavy atom. The molecule has 2 aromatic rings. The molecular formula is C28H31N3O6. The second-order valence-electron chi connectivity index (χ2n) is 10.2. The number of anilines is 2. The lowest BCUT2D eigenvalue weighted by Gasteiger charge is -2.37. The lowest BCUT2D eigenvalue weighted by atomic mass is 9.95. The fraction of sp³-hybridized carbons (Fsp3) is 0.464. The SMILES string of the molecule is CN(C[C@H]1COCCO1)C(=O)[C@@H]1CCCN(c2cccc3c2C(=O)N(c2ccc4c(c2)COC4)C3=O)C1. The first kappa shape index (κ1) is 24.1. The first-order chi connectivity index (χ1) is 18.0. The Morgan fingerprint density at radius 3 is 2.76 bits per heavy atom. The van der Waals surface area contributed by atoms with Crippen molar-refractivity contribution in [3.05, 3.63) is 58.7 Å². The molecule has 0 unspecified atom stereocenters. The van der Waals surface area contributed by atoms with Crippen molar-refractivity contribution in [2.75, 3.05) is 56.3 Å². The molecule has 0 saturated carbocycles. The van der Waals surface area contributed by atoms with Crippen molar-refractivity contribution in [2.45, 2.75) is 32.2 Å². The average Bonchev–Trinajstić information content (AvgIpc) is 3.50. The zero-order valence-corrected chi connectivity index (χ0v) is 21.0. The molecule has 4 heterocycles. The number of piperidine rings is 1. The van der Waals surface area contributed by atoms with Gasteiger partial charge in [-0.15, -0.1) is 0 Å². The van der Waals surface area contributed by atoms with Gasteiger partial charge in [-0.05, 0) is 48.2 Å². The number of likely N-dealkylation sites (N-methyl/N-ethyl adjacent to an activating group) is 1. The van der Waals surface area contributed by atoms with Crippen LogP contribution in [-0.4, -0.2) is 75.2 Å². The third kappa shape index (κ3) is 4.41. The smallest absolute Gasteiger partial charge is 0.268 e. The molecule has 9 heteroatoms. The van der Waals surface area contributed by atoms with Crippen LogP contribution in [0.4, 0.5) is 11.4 Å². The maximum Gasteiger partial charge on any atom is 0.268 e. The fourth-order valence-corrected chi connectivity index (χ4v) is 5.81. The topological polar surface area (TPSA) is 88.6 Å². The van der Waals surface area contributed by atoms with Gasteiger partial charge in [0.15, 0.2) is 0 Å². The van der Waals surface area contributed by atoms with Gasteiger partial charge in [0.25, 0.3) is 11.8 Å². The third-order valence-corrected chi connectivity index (χ3v) is 7.71. The van der Waals surface area contributed by atoms with E-state index in [1.165, 1.54) is 4.90 Å². The summed E-state index contributed by atoms with van der Waals surface area (Å²) in [7, 11) is 1.81. The van der Waals surface area contributed by atoms with Crippen LogP contribution >= 0.6 is 0 Å². The number of imide groups is 1. The van der Waals surface area contributed by atoms with Crippen LogP contribution in [0.2, 0.25) is 0 Å². The number of nitrogens with zero attached hydrogens (tertiary/aromatic N) is 3. The summed E-state index contributed by atoms with van der Waals surface area (Å²) >= 11 is 0. The Hall–Kier alpha value is -3.27. The first-order valence-corrected chi connectivity index (χ1v) is 12.9. The maximum absolute atomic E-state index is 13.7. The minimum atomic E-state index is -0.325. The molecule has 194 valence electrons. The van der Waals surface area contributed by atoms with Crippen molar-refractivity contribution < 1.29 is 28.6 Å². The Bertz CT molecular complexity index is 1240. The predicted molar refractivity (Wildman–Crippen MR) is 136 cm³/mol. The highest BCUT2D eigenvalue weighted by Gasteiger charge is 2.41.